The minimum atomic E-state index is -0.278. The van der Waals surface area contributed by atoms with Crippen LogP contribution >= 0.6 is 17.8 Å². The molecule has 0 aromatic carbocycles. The van der Waals surface area contributed by atoms with E-state index in [4.69, 9.17) is 0 Å². The molecule has 0 radical (unpaired) electrons. The number of hydrogen-bond acceptors (Lipinski definition) is 1. The second-order valence-corrected chi connectivity index (χ2v) is 10.6. The van der Waals surface area contributed by atoms with Crippen LogP contribution in [0.1, 0.15) is 0 Å². The Morgan fingerprint density at radius 1 is 2.00 bits per heavy atom. The van der Waals surface area contributed by atoms with Crippen LogP contribution in [0.5, 0.6) is 0 Å². The van der Waals surface area contributed by atoms with Gasteiger partial charge in [-0.05, 0) is 0 Å². The van der Waals surface area contributed by atoms with Crippen molar-refractivity contribution in [1.29, 1.82) is 0 Å². The molecule has 2 aliphatic rings. The monoisotopic (exact) mass is 106 g/mol. The van der Waals surface area contributed by atoms with Gasteiger partial charge in [-0.25, -0.2) is 0 Å². The Morgan fingerprint density at radius 3 is 2.20 bits per heavy atom. The Kier molecular flexibility index (Phi) is 0.283. The summed E-state index contributed by atoms with van der Waals surface area (Å²) in [7, 11) is 0. The summed E-state index contributed by atoms with van der Waals surface area (Å²) >= 11 is 2.26. The molecule has 0 nitrogen and oxygen atoms in total. The number of hydrogen-bond donors (Lipinski definition) is 0. The van der Waals surface area contributed by atoms with Crippen LogP contribution in [-0.4, -0.2) is 17.8 Å². The average Bonchev–Trinajstić information content (AvgIpc) is 1.74. The molecule has 2 fully saturated rings. The van der Waals surface area contributed by atoms with Gasteiger partial charge in [-0.1, -0.05) is 0 Å². The maximum absolute atomic E-state index is 2.47. The summed E-state index contributed by atoms with van der Waals surface area (Å²) in [5.41, 5.74) is 0. The van der Waals surface area contributed by atoms with Gasteiger partial charge in [0.05, 0.1) is 0 Å². The van der Waals surface area contributed by atoms with Gasteiger partial charge in [0.1, 0.15) is 0 Å². The molecule has 1 unspecified atom stereocenters. The molecule has 0 saturated carbocycles. The second-order valence-electron chi connectivity index (χ2n) is 2.12. The normalized spacial score (nSPS) is 57.4. The molecule has 2 aliphatic heterocycles. The molecule has 0 N–H and O–H groups in total. The predicted octanol–water partition coefficient (Wildman–Crippen LogP) is 1.37. The topological polar surface area (TPSA) is 0 Å². The summed E-state index contributed by atoms with van der Waals surface area (Å²) in [6.07, 6.45) is 1.65. The zero-order chi connectivity index (χ0) is 3.49. The van der Waals surface area contributed by atoms with Crippen molar-refractivity contribution in [2.75, 3.05) is 12.8 Å². The fraction of sp³-hybridized carbons (Fsp3) is 1.00. The van der Waals surface area contributed by atoms with E-state index in [0.29, 0.717) is 0 Å². The zero-order valence-corrected chi connectivity index (χ0v) is 5.01. The molecule has 0 spiro atoms. The standard InChI is InChI=1S/C3H7PS/c1-4-2-3(4)5-4/h3-4H,2H2,1H3. The Morgan fingerprint density at radius 2 is 2.20 bits per heavy atom. The average molecular weight is 106 g/mol. The molecule has 1 atom stereocenters. The van der Waals surface area contributed by atoms with Gasteiger partial charge in [-0.15, -0.1) is 0 Å². The summed E-state index contributed by atoms with van der Waals surface area (Å²) < 4.78 is 0. The summed E-state index contributed by atoms with van der Waals surface area (Å²) in [4.78, 5) is 1.25. The van der Waals surface area contributed by atoms with Crippen LogP contribution in [0.4, 0.5) is 0 Å². The molecule has 0 bridgehead atoms. The van der Waals surface area contributed by atoms with Gasteiger partial charge in [0.15, 0.2) is 0 Å². The van der Waals surface area contributed by atoms with E-state index in [2.05, 4.69) is 18.0 Å². The van der Waals surface area contributed by atoms with Gasteiger partial charge in [0.25, 0.3) is 0 Å². The molecule has 0 aromatic rings. The van der Waals surface area contributed by atoms with E-state index in [0.717, 1.165) is 0 Å². The Bertz CT molecular complexity index is 75.0. The first-order valence-electron chi connectivity index (χ1n) is 1.99. The SMILES string of the molecule is C[PH]12CC1S2. The maximum atomic E-state index is 2.47. The molecule has 5 heavy (non-hydrogen) atoms. The summed E-state index contributed by atoms with van der Waals surface area (Å²) in [5, 5.41) is 0. The second kappa shape index (κ2) is 0.492. The molecular formula is C3H7PS. The van der Waals surface area contributed by atoms with Gasteiger partial charge >= 0.3 is 35.7 Å². The Labute approximate surface area is 36.4 Å². The summed E-state index contributed by atoms with van der Waals surface area (Å²) in [5.74, 6) is 0. The molecule has 2 heterocycles. The first-order chi connectivity index (χ1) is 2.31. The van der Waals surface area contributed by atoms with Crippen LogP contribution in [0.15, 0.2) is 0 Å². The molecular weight excluding hydrogens is 99.1 g/mol. The van der Waals surface area contributed by atoms with Crippen LogP contribution in [0.3, 0.4) is 0 Å². The van der Waals surface area contributed by atoms with Crippen molar-refractivity contribution < 1.29 is 0 Å². The van der Waals surface area contributed by atoms with Gasteiger partial charge in [-0.3, -0.25) is 0 Å². The van der Waals surface area contributed by atoms with Crippen molar-refractivity contribution in [2.45, 2.75) is 4.99 Å². The summed E-state index contributed by atoms with van der Waals surface area (Å²) in [6, 6.07) is 0. The van der Waals surface area contributed by atoms with Crippen molar-refractivity contribution in [2.24, 2.45) is 0 Å². The number of rotatable bonds is 0. The third-order valence-corrected chi connectivity index (χ3v) is 9.52. The third kappa shape index (κ3) is 0.226. The van der Waals surface area contributed by atoms with E-state index >= 15 is 0 Å². The van der Waals surface area contributed by atoms with E-state index in [1.807, 2.05) is 0 Å². The van der Waals surface area contributed by atoms with Crippen LogP contribution < -0.4 is 0 Å². The van der Waals surface area contributed by atoms with Crippen molar-refractivity contribution in [3.8, 4) is 0 Å². The molecule has 30 valence electrons. The quantitative estimate of drug-likeness (QED) is 0.332. The van der Waals surface area contributed by atoms with E-state index in [-0.39, 0.29) is 6.46 Å². The van der Waals surface area contributed by atoms with Crippen LogP contribution in [0.2, 0.25) is 0 Å². The Balaban J connectivity index is 2.37. The van der Waals surface area contributed by atoms with E-state index in [9.17, 15) is 0 Å². The number of fused-ring (bicyclic) bond motifs is 1. The van der Waals surface area contributed by atoms with Crippen molar-refractivity contribution in [1.82, 2.24) is 0 Å². The van der Waals surface area contributed by atoms with Crippen molar-refractivity contribution in [3.05, 3.63) is 0 Å². The zero-order valence-electron chi connectivity index (χ0n) is 3.19. The minimum absolute atomic E-state index is 0.278. The van der Waals surface area contributed by atoms with Crippen LogP contribution in [0.25, 0.3) is 0 Å². The summed E-state index contributed by atoms with van der Waals surface area (Å²) in [6.45, 7) is 2.20. The van der Waals surface area contributed by atoms with E-state index < -0.39 is 0 Å². The van der Waals surface area contributed by atoms with Gasteiger partial charge in [-0.2, -0.15) is 0 Å². The van der Waals surface area contributed by atoms with Crippen molar-refractivity contribution in [3.63, 3.8) is 0 Å². The predicted molar refractivity (Wildman–Crippen MR) is 30.5 cm³/mol. The first-order valence-corrected chi connectivity index (χ1v) is 6.38. The molecule has 0 amide bonds. The fourth-order valence-corrected chi connectivity index (χ4v) is 7.88. The van der Waals surface area contributed by atoms with Crippen LogP contribution in [-0.2, 0) is 0 Å². The van der Waals surface area contributed by atoms with Gasteiger partial charge in [0, 0.05) is 0 Å². The molecule has 0 aliphatic carbocycles. The molecule has 2 rings (SSSR count). The fourth-order valence-electron chi connectivity index (χ4n) is 0.591. The van der Waals surface area contributed by atoms with E-state index in [1.54, 1.807) is 6.16 Å². The third-order valence-electron chi connectivity index (χ3n) is 1.47. The first kappa shape index (κ1) is 2.87. The van der Waals surface area contributed by atoms with E-state index in [1.165, 1.54) is 4.99 Å². The van der Waals surface area contributed by atoms with Crippen molar-refractivity contribution >= 4 is 17.8 Å². The van der Waals surface area contributed by atoms with Crippen LogP contribution in [0, 0.1) is 0 Å². The molecule has 0 aromatic heterocycles. The van der Waals surface area contributed by atoms with Gasteiger partial charge < -0.3 is 0 Å². The molecule has 2 saturated heterocycles. The van der Waals surface area contributed by atoms with Gasteiger partial charge in [0.2, 0.25) is 0 Å². The molecule has 2 heteroatoms. The Hall–Kier alpha value is 0.780.